The molecule has 1 aromatic carbocycles. The Morgan fingerprint density at radius 1 is 1.16 bits per heavy atom. The van der Waals surface area contributed by atoms with Crippen LogP contribution in [0.5, 0.6) is 5.75 Å². The number of nitrogens with two attached hydrogens (primary N) is 1. The van der Waals surface area contributed by atoms with Gasteiger partial charge in [-0.15, -0.1) is 0 Å². The molecule has 0 saturated heterocycles. The number of hydrogen-bond donors (Lipinski definition) is 1. The van der Waals surface area contributed by atoms with Gasteiger partial charge >= 0.3 is 0 Å². The van der Waals surface area contributed by atoms with E-state index in [0.717, 1.165) is 22.8 Å². The Bertz CT molecular complexity index is 637. The molecule has 4 heteroatoms. The van der Waals surface area contributed by atoms with Crippen molar-refractivity contribution in [2.24, 2.45) is 0 Å². The Kier molecular flexibility index (Phi) is 2.24. The molecule has 1 aliphatic heterocycles. The highest BCUT2D eigenvalue weighted by atomic mass is 16.5. The minimum absolute atomic E-state index is 0.109. The highest BCUT2D eigenvalue weighted by Gasteiger charge is 2.31. The van der Waals surface area contributed by atoms with Gasteiger partial charge in [0.1, 0.15) is 24.0 Å². The Morgan fingerprint density at radius 2 is 2.00 bits per heavy atom. The number of nitrogens with zero attached hydrogens (tertiary/aromatic N) is 2. The molecular weight excluding hydrogens is 238 g/mol. The average molecular weight is 253 g/mol. The van der Waals surface area contributed by atoms with Crippen LogP contribution in [0, 0.1) is 0 Å². The number of nitrogen functional groups attached to an aromatic ring is 1. The van der Waals surface area contributed by atoms with Crippen LogP contribution in [-0.4, -0.2) is 16.6 Å². The summed E-state index contributed by atoms with van der Waals surface area (Å²) in [4.78, 5) is 9.12. The maximum atomic E-state index is 5.92. The van der Waals surface area contributed by atoms with E-state index in [-0.39, 0.29) is 5.92 Å². The predicted molar refractivity (Wildman–Crippen MR) is 72.2 cm³/mol. The lowest BCUT2D eigenvalue weighted by Gasteiger charge is -2.10. The van der Waals surface area contributed by atoms with Crippen LogP contribution in [0.4, 0.5) is 5.82 Å². The summed E-state index contributed by atoms with van der Waals surface area (Å²) < 4.78 is 5.70. The van der Waals surface area contributed by atoms with Crippen LogP contribution in [0.1, 0.15) is 41.8 Å². The second-order valence-electron chi connectivity index (χ2n) is 5.25. The standard InChI is InChI=1S/C15H15N3O/c16-14-7-12(9-5-6-9)17-15(18-14)11-8-19-13-4-2-1-3-10(11)13/h1-4,7,9,11H,5-6,8H2,(H2,16,17,18). The highest BCUT2D eigenvalue weighted by molar-refractivity contribution is 5.44. The van der Waals surface area contributed by atoms with Crippen molar-refractivity contribution in [2.45, 2.75) is 24.7 Å². The van der Waals surface area contributed by atoms with E-state index < -0.39 is 0 Å². The van der Waals surface area contributed by atoms with Crippen molar-refractivity contribution in [2.75, 3.05) is 12.3 Å². The number of hydrogen-bond acceptors (Lipinski definition) is 4. The predicted octanol–water partition coefficient (Wildman–Crippen LogP) is 2.46. The molecule has 0 amide bonds. The van der Waals surface area contributed by atoms with Crippen molar-refractivity contribution in [1.82, 2.24) is 9.97 Å². The molecule has 0 spiro atoms. The van der Waals surface area contributed by atoms with E-state index in [1.807, 2.05) is 24.3 Å². The SMILES string of the molecule is Nc1cc(C2CC2)nc(C2COc3ccccc32)n1. The maximum absolute atomic E-state index is 5.92. The van der Waals surface area contributed by atoms with Crippen molar-refractivity contribution in [3.05, 3.63) is 47.4 Å². The lowest BCUT2D eigenvalue weighted by molar-refractivity contribution is 0.339. The number of para-hydroxylation sites is 1. The minimum Gasteiger partial charge on any atom is -0.492 e. The normalized spacial score (nSPS) is 20.9. The summed E-state index contributed by atoms with van der Waals surface area (Å²) in [7, 11) is 0. The molecule has 2 aliphatic rings. The van der Waals surface area contributed by atoms with E-state index in [9.17, 15) is 0 Å². The molecule has 2 aromatic rings. The van der Waals surface area contributed by atoms with Gasteiger partial charge in [-0.2, -0.15) is 0 Å². The molecule has 1 fully saturated rings. The molecule has 0 radical (unpaired) electrons. The topological polar surface area (TPSA) is 61.0 Å². The second kappa shape index (κ2) is 3.95. The first kappa shape index (κ1) is 10.8. The lowest BCUT2D eigenvalue weighted by atomic mass is 10.0. The van der Waals surface area contributed by atoms with Gasteiger partial charge in [0, 0.05) is 23.2 Å². The van der Waals surface area contributed by atoms with E-state index in [0.29, 0.717) is 18.3 Å². The van der Waals surface area contributed by atoms with Crippen LogP contribution in [0.25, 0.3) is 0 Å². The summed E-state index contributed by atoms with van der Waals surface area (Å²) in [6.07, 6.45) is 2.43. The van der Waals surface area contributed by atoms with Gasteiger partial charge in [0.05, 0.1) is 5.92 Å². The third-order valence-electron chi connectivity index (χ3n) is 3.79. The van der Waals surface area contributed by atoms with E-state index in [1.165, 1.54) is 12.8 Å². The Labute approximate surface area is 111 Å². The van der Waals surface area contributed by atoms with Crippen LogP contribution in [0.3, 0.4) is 0 Å². The van der Waals surface area contributed by atoms with Gasteiger partial charge in [-0.25, -0.2) is 9.97 Å². The van der Waals surface area contributed by atoms with Gasteiger partial charge in [-0.1, -0.05) is 18.2 Å². The number of ether oxygens (including phenoxy) is 1. The molecule has 2 N–H and O–H groups in total. The fourth-order valence-corrected chi connectivity index (χ4v) is 2.63. The van der Waals surface area contributed by atoms with Crippen LogP contribution >= 0.6 is 0 Å². The molecule has 2 heterocycles. The molecule has 4 rings (SSSR count). The molecular formula is C15H15N3O. The highest BCUT2D eigenvalue weighted by Crippen LogP contribution is 2.41. The zero-order valence-electron chi connectivity index (χ0n) is 10.5. The molecule has 1 unspecified atom stereocenters. The lowest BCUT2D eigenvalue weighted by Crippen LogP contribution is -2.10. The van der Waals surface area contributed by atoms with Crippen LogP contribution < -0.4 is 10.5 Å². The quantitative estimate of drug-likeness (QED) is 0.893. The third-order valence-corrected chi connectivity index (χ3v) is 3.79. The fourth-order valence-electron chi connectivity index (χ4n) is 2.63. The van der Waals surface area contributed by atoms with Crippen LogP contribution in [0.15, 0.2) is 30.3 Å². The zero-order chi connectivity index (χ0) is 12.8. The van der Waals surface area contributed by atoms with Gasteiger partial charge in [0.25, 0.3) is 0 Å². The maximum Gasteiger partial charge on any atom is 0.142 e. The molecule has 1 aromatic heterocycles. The summed E-state index contributed by atoms with van der Waals surface area (Å²) in [5.74, 6) is 2.99. The Balaban J connectivity index is 1.77. The van der Waals surface area contributed by atoms with E-state index in [4.69, 9.17) is 15.5 Å². The van der Waals surface area contributed by atoms with E-state index in [2.05, 4.69) is 11.1 Å². The van der Waals surface area contributed by atoms with Crippen molar-refractivity contribution < 1.29 is 4.74 Å². The largest absolute Gasteiger partial charge is 0.492 e. The monoisotopic (exact) mass is 253 g/mol. The van der Waals surface area contributed by atoms with Crippen molar-refractivity contribution in [1.29, 1.82) is 0 Å². The molecule has 0 bridgehead atoms. The number of benzene rings is 1. The molecule has 1 atom stereocenters. The minimum atomic E-state index is 0.109. The van der Waals surface area contributed by atoms with Crippen LogP contribution in [-0.2, 0) is 0 Å². The number of anilines is 1. The van der Waals surface area contributed by atoms with E-state index in [1.54, 1.807) is 0 Å². The van der Waals surface area contributed by atoms with E-state index >= 15 is 0 Å². The van der Waals surface area contributed by atoms with Gasteiger partial charge in [0.2, 0.25) is 0 Å². The van der Waals surface area contributed by atoms with Gasteiger partial charge in [0.15, 0.2) is 0 Å². The smallest absolute Gasteiger partial charge is 0.142 e. The van der Waals surface area contributed by atoms with Gasteiger partial charge in [-0.05, 0) is 18.9 Å². The van der Waals surface area contributed by atoms with Crippen molar-refractivity contribution >= 4 is 5.82 Å². The van der Waals surface area contributed by atoms with Crippen molar-refractivity contribution in [3.8, 4) is 5.75 Å². The first-order valence-electron chi connectivity index (χ1n) is 6.67. The van der Waals surface area contributed by atoms with Crippen LogP contribution in [0.2, 0.25) is 0 Å². The molecule has 4 nitrogen and oxygen atoms in total. The van der Waals surface area contributed by atoms with Gasteiger partial charge in [-0.3, -0.25) is 0 Å². The molecule has 1 aliphatic carbocycles. The Morgan fingerprint density at radius 3 is 2.84 bits per heavy atom. The number of aromatic nitrogens is 2. The number of rotatable bonds is 2. The first-order chi connectivity index (χ1) is 9.31. The van der Waals surface area contributed by atoms with Gasteiger partial charge < -0.3 is 10.5 Å². The summed E-state index contributed by atoms with van der Waals surface area (Å²) in [5.41, 5.74) is 8.17. The fraction of sp³-hybridized carbons (Fsp3) is 0.333. The summed E-state index contributed by atoms with van der Waals surface area (Å²) in [5, 5.41) is 0. The summed E-state index contributed by atoms with van der Waals surface area (Å²) >= 11 is 0. The molecule has 19 heavy (non-hydrogen) atoms. The summed E-state index contributed by atoms with van der Waals surface area (Å²) in [6.45, 7) is 0.604. The first-order valence-corrected chi connectivity index (χ1v) is 6.67. The third kappa shape index (κ3) is 1.84. The summed E-state index contributed by atoms with van der Waals surface area (Å²) in [6, 6.07) is 9.98. The molecule has 96 valence electrons. The zero-order valence-corrected chi connectivity index (χ0v) is 10.5. The number of fused-ring (bicyclic) bond motifs is 1. The Hall–Kier alpha value is -2.10. The second-order valence-corrected chi connectivity index (χ2v) is 5.25. The van der Waals surface area contributed by atoms with Crippen molar-refractivity contribution in [3.63, 3.8) is 0 Å². The molecule has 1 saturated carbocycles. The average Bonchev–Trinajstić information content (AvgIpc) is 3.18.